The summed E-state index contributed by atoms with van der Waals surface area (Å²) in [5.74, 6) is 0.0927. The molecule has 32 heavy (non-hydrogen) atoms. The number of hydrogen-bond donors (Lipinski definition) is 1. The third-order valence-electron chi connectivity index (χ3n) is 4.53. The van der Waals surface area contributed by atoms with Crippen LogP contribution in [0.1, 0.15) is 0 Å². The van der Waals surface area contributed by atoms with Crippen LogP contribution in [-0.4, -0.2) is 21.2 Å². The first-order valence-electron chi connectivity index (χ1n) is 9.03. The van der Waals surface area contributed by atoms with Gasteiger partial charge in [-0.1, -0.05) is 35.3 Å². The van der Waals surface area contributed by atoms with Crippen LogP contribution in [0.2, 0.25) is 10.0 Å². The molecule has 0 aliphatic carbocycles. The molecule has 10 heteroatoms. The van der Waals surface area contributed by atoms with Crippen molar-refractivity contribution >= 4 is 46.4 Å². The SMILES string of the molecule is O=C(O)Oc1cc(-c2nc(-c3ccc(Cl)c(Cl)c3)cs2)ccc1-c1ccc([N+](=O)[O-])cc1. The van der Waals surface area contributed by atoms with E-state index in [1.165, 1.54) is 35.6 Å². The van der Waals surface area contributed by atoms with E-state index in [1.54, 1.807) is 30.3 Å². The monoisotopic (exact) mass is 486 g/mol. The van der Waals surface area contributed by atoms with Crippen LogP contribution in [0.4, 0.5) is 10.5 Å². The van der Waals surface area contributed by atoms with E-state index >= 15 is 0 Å². The maximum atomic E-state index is 11.2. The molecule has 0 spiro atoms. The van der Waals surface area contributed by atoms with Crippen LogP contribution < -0.4 is 4.74 Å². The molecule has 1 aromatic heterocycles. The fraction of sp³-hybridized carbons (Fsp3) is 0. The highest BCUT2D eigenvalue weighted by atomic mass is 35.5. The molecule has 0 aliphatic heterocycles. The van der Waals surface area contributed by atoms with Crippen molar-refractivity contribution in [1.82, 2.24) is 4.98 Å². The highest BCUT2D eigenvalue weighted by Gasteiger charge is 2.15. The summed E-state index contributed by atoms with van der Waals surface area (Å²) in [5, 5.41) is 23.4. The first-order valence-corrected chi connectivity index (χ1v) is 10.7. The standard InChI is InChI=1S/C22H12Cl2N2O5S/c23-17-8-4-13(9-18(17)24)19-11-32-21(25-19)14-3-7-16(20(10-14)31-22(27)28)12-1-5-15(6-2-12)26(29)30/h1-11H,(H,27,28). The summed E-state index contributed by atoms with van der Waals surface area (Å²) in [6.07, 6.45) is -1.47. The first-order chi connectivity index (χ1) is 15.3. The van der Waals surface area contributed by atoms with Crippen LogP contribution in [0.15, 0.2) is 66.0 Å². The second-order valence-corrected chi connectivity index (χ2v) is 8.22. The third kappa shape index (κ3) is 4.57. The molecule has 7 nitrogen and oxygen atoms in total. The number of ether oxygens (including phenoxy) is 1. The van der Waals surface area contributed by atoms with Gasteiger partial charge in [0.1, 0.15) is 10.8 Å². The van der Waals surface area contributed by atoms with Crippen LogP contribution in [0, 0.1) is 10.1 Å². The van der Waals surface area contributed by atoms with Crippen LogP contribution in [0.5, 0.6) is 5.75 Å². The zero-order chi connectivity index (χ0) is 22.8. The number of halogens is 2. The molecule has 0 saturated carbocycles. The van der Waals surface area contributed by atoms with E-state index in [2.05, 4.69) is 4.98 Å². The van der Waals surface area contributed by atoms with Crippen LogP contribution in [0.3, 0.4) is 0 Å². The minimum absolute atomic E-state index is 0.0660. The fourth-order valence-corrected chi connectivity index (χ4v) is 4.15. The predicted octanol–water partition coefficient (Wildman–Crippen LogP) is 7.42. The van der Waals surface area contributed by atoms with Gasteiger partial charge in [0.15, 0.2) is 0 Å². The maximum absolute atomic E-state index is 11.2. The molecule has 0 amide bonds. The van der Waals surface area contributed by atoms with E-state index in [4.69, 9.17) is 33.0 Å². The van der Waals surface area contributed by atoms with Crippen molar-refractivity contribution in [3.05, 3.63) is 86.2 Å². The van der Waals surface area contributed by atoms with Gasteiger partial charge in [0, 0.05) is 34.2 Å². The van der Waals surface area contributed by atoms with Gasteiger partial charge in [0.25, 0.3) is 5.69 Å². The normalized spacial score (nSPS) is 10.7. The number of nitro groups is 1. The summed E-state index contributed by atoms with van der Waals surface area (Å²) in [5.41, 5.74) is 3.14. The van der Waals surface area contributed by atoms with Crippen LogP contribution >= 0.6 is 34.5 Å². The van der Waals surface area contributed by atoms with Crippen molar-refractivity contribution in [2.75, 3.05) is 0 Å². The maximum Gasteiger partial charge on any atom is 0.511 e. The smallest absolute Gasteiger partial charge is 0.449 e. The Labute approximate surface area is 195 Å². The molecule has 0 unspecified atom stereocenters. The van der Waals surface area contributed by atoms with Gasteiger partial charge in [-0.25, -0.2) is 9.78 Å². The van der Waals surface area contributed by atoms with Gasteiger partial charge in [0.2, 0.25) is 0 Å². The van der Waals surface area contributed by atoms with Crippen LogP contribution in [0.25, 0.3) is 33.0 Å². The third-order valence-corrected chi connectivity index (χ3v) is 6.16. The summed E-state index contributed by atoms with van der Waals surface area (Å²) in [7, 11) is 0. The van der Waals surface area contributed by atoms with E-state index in [9.17, 15) is 14.9 Å². The zero-order valence-corrected chi connectivity index (χ0v) is 18.3. The summed E-state index contributed by atoms with van der Waals surface area (Å²) < 4.78 is 4.99. The Bertz CT molecular complexity index is 1340. The van der Waals surface area contributed by atoms with Gasteiger partial charge in [-0.2, -0.15) is 0 Å². The number of non-ortho nitro benzene ring substituents is 1. The summed E-state index contributed by atoms with van der Waals surface area (Å²) >= 11 is 13.4. The molecule has 4 rings (SSSR count). The number of aromatic nitrogens is 1. The molecule has 1 heterocycles. The fourth-order valence-electron chi connectivity index (χ4n) is 3.03. The minimum Gasteiger partial charge on any atom is -0.449 e. The molecular weight excluding hydrogens is 475 g/mol. The Morgan fingerprint density at radius 1 is 0.969 bits per heavy atom. The van der Waals surface area contributed by atoms with E-state index in [1.807, 2.05) is 11.4 Å². The van der Waals surface area contributed by atoms with Crippen molar-refractivity contribution in [3.8, 4) is 38.7 Å². The van der Waals surface area contributed by atoms with Crippen molar-refractivity contribution in [2.45, 2.75) is 0 Å². The van der Waals surface area contributed by atoms with Crippen LogP contribution in [-0.2, 0) is 0 Å². The summed E-state index contributed by atoms with van der Waals surface area (Å²) in [6.45, 7) is 0. The van der Waals surface area contributed by atoms with Gasteiger partial charge >= 0.3 is 6.16 Å². The zero-order valence-electron chi connectivity index (χ0n) is 16.0. The number of nitro benzene ring substituents is 1. The van der Waals surface area contributed by atoms with E-state index in [0.717, 1.165) is 5.56 Å². The summed E-state index contributed by atoms with van der Waals surface area (Å²) in [6, 6.07) is 16.0. The lowest BCUT2D eigenvalue weighted by Gasteiger charge is -2.10. The second-order valence-electron chi connectivity index (χ2n) is 6.55. The molecule has 0 saturated heterocycles. The molecule has 0 fully saturated rings. The second kappa shape index (κ2) is 8.96. The Kier molecular flexibility index (Phi) is 6.09. The Morgan fingerprint density at radius 2 is 1.66 bits per heavy atom. The number of rotatable bonds is 5. The summed E-state index contributed by atoms with van der Waals surface area (Å²) in [4.78, 5) is 26.2. The predicted molar refractivity (Wildman–Crippen MR) is 124 cm³/mol. The minimum atomic E-state index is -1.47. The molecule has 1 N–H and O–H groups in total. The van der Waals surface area contributed by atoms with E-state index < -0.39 is 11.1 Å². The highest BCUT2D eigenvalue weighted by molar-refractivity contribution is 7.13. The molecule has 4 aromatic rings. The van der Waals surface area contributed by atoms with Gasteiger partial charge in [0.05, 0.1) is 20.7 Å². The molecule has 3 aromatic carbocycles. The topological polar surface area (TPSA) is 103 Å². The number of nitrogens with zero attached hydrogens (tertiary/aromatic N) is 2. The molecule has 0 bridgehead atoms. The molecule has 0 aliphatic rings. The lowest BCUT2D eigenvalue weighted by Crippen LogP contribution is -2.04. The number of hydrogen-bond acceptors (Lipinski definition) is 6. The number of benzene rings is 3. The van der Waals surface area contributed by atoms with Gasteiger partial charge < -0.3 is 9.84 Å². The number of carbonyl (C=O) groups is 1. The van der Waals surface area contributed by atoms with E-state index in [0.29, 0.717) is 37.4 Å². The lowest BCUT2D eigenvalue weighted by atomic mass is 10.0. The molecule has 0 atom stereocenters. The van der Waals surface area contributed by atoms with E-state index in [-0.39, 0.29) is 11.4 Å². The van der Waals surface area contributed by atoms with Gasteiger partial charge in [-0.05, 0) is 42.0 Å². The van der Waals surface area contributed by atoms with Crippen molar-refractivity contribution in [3.63, 3.8) is 0 Å². The van der Waals surface area contributed by atoms with Gasteiger partial charge in [-0.3, -0.25) is 10.1 Å². The Morgan fingerprint density at radius 3 is 2.31 bits per heavy atom. The molecular formula is C22H12Cl2N2O5S. The average Bonchev–Trinajstić information content (AvgIpc) is 3.25. The largest absolute Gasteiger partial charge is 0.511 e. The Hall–Kier alpha value is -3.46. The Balaban J connectivity index is 1.71. The molecule has 0 radical (unpaired) electrons. The highest BCUT2D eigenvalue weighted by Crippen LogP contribution is 2.37. The van der Waals surface area contributed by atoms with Crippen molar-refractivity contribution in [1.29, 1.82) is 0 Å². The lowest BCUT2D eigenvalue weighted by molar-refractivity contribution is -0.384. The number of thiazole rings is 1. The van der Waals surface area contributed by atoms with Gasteiger partial charge in [-0.15, -0.1) is 11.3 Å². The number of carboxylic acid groups (broad SMARTS) is 1. The molecule has 160 valence electrons. The van der Waals surface area contributed by atoms with Crippen molar-refractivity contribution in [2.24, 2.45) is 0 Å². The quantitative estimate of drug-likeness (QED) is 0.136. The average molecular weight is 487 g/mol. The van der Waals surface area contributed by atoms with Crippen molar-refractivity contribution < 1.29 is 19.6 Å². The first kappa shape index (κ1) is 21.8.